The number of alkyl halides is 1. The van der Waals surface area contributed by atoms with Crippen LogP contribution >= 0.6 is 15.9 Å². The minimum atomic E-state index is -1.12. The van der Waals surface area contributed by atoms with E-state index in [1.165, 1.54) is 12.1 Å². The number of hydrogen-bond acceptors (Lipinski definition) is 2. The molecule has 6 heteroatoms. The van der Waals surface area contributed by atoms with Crippen molar-refractivity contribution in [3.05, 3.63) is 46.2 Å². The molecule has 0 saturated carbocycles. The highest BCUT2D eigenvalue weighted by molar-refractivity contribution is 9.10. The smallest absolute Gasteiger partial charge is 0.217 e. The summed E-state index contributed by atoms with van der Waals surface area (Å²) >= 11 is 3.13. The minimum absolute atomic E-state index is 0.209. The number of nitrogens with zero attached hydrogens (tertiary/aromatic N) is 3. The Kier molecular flexibility index (Phi) is 2.47. The first-order chi connectivity index (χ1) is 8.15. The summed E-state index contributed by atoms with van der Waals surface area (Å²) in [7, 11) is 0. The van der Waals surface area contributed by atoms with Gasteiger partial charge in [0, 0.05) is 6.42 Å². The predicted octanol–water partition coefficient (Wildman–Crippen LogP) is 3.18. The topological polar surface area (TPSA) is 30.7 Å². The molecule has 17 heavy (non-hydrogen) atoms. The average molecular weight is 300 g/mol. The number of halogens is 3. The van der Waals surface area contributed by atoms with E-state index in [0.717, 1.165) is 5.56 Å². The molecule has 0 amide bonds. The molecule has 3 rings (SSSR count). The maximum absolute atomic E-state index is 13.7. The molecule has 0 aliphatic carbocycles. The van der Waals surface area contributed by atoms with Crippen LogP contribution in [0.5, 0.6) is 0 Å². The third kappa shape index (κ3) is 1.76. The summed E-state index contributed by atoms with van der Waals surface area (Å²) in [6.45, 7) is 0. The lowest BCUT2D eigenvalue weighted by Gasteiger charge is -2.11. The molecule has 0 saturated heterocycles. The second-order valence-electron chi connectivity index (χ2n) is 3.95. The zero-order chi connectivity index (χ0) is 12.0. The quantitative estimate of drug-likeness (QED) is 0.810. The Morgan fingerprint density at radius 3 is 2.71 bits per heavy atom. The van der Waals surface area contributed by atoms with E-state index in [-0.39, 0.29) is 11.9 Å². The Morgan fingerprint density at radius 1 is 1.29 bits per heavy atom. The van der Waals surface area contributed by atoms with Crippen LogP contribution in [0.2, 0.25) is 0 Å². The van der Waals surface area contributed by atoms with Crippen molar-refractivity contribution >= 4 is 15.9 Å². The number of rotatable bonds is 1. The largest absolute Gasteiger partial charge is 0.239 e. The van der Waals surface area contributed by atoms with Gasteiger partial charge in [-0.25, -0.2) is 18.4 Å². The van der Waals surface area contributed by atoms with Crippen LogP contribution in [0.4, 0.5) is 8.78 Å². The van der Waals surface area contributed by atoms with E-state index in [1.807, 2.05) is 0 Å². The highest BCUT2D eigenvalue weighted by Gasteiger charge is 2.34. The van der Waals surface area contributed by atoms with Crippen LogP contribution in [0.15, 0.2) is 29.0 Å². The standard InChI is InChI=1S/C11H8BrF2N3/c12-11-15-10-8(14)5-9(17(10)16-11)6-1-3-7(13)4-2-6/h1-4,8-9H,5H2. The van der Waals surface area contributed by atoms with Crippen LogP contribution < -0.4 is 0 Å². The van der Waals surface area contributed by atoms with Gasteiger partial charge in [-0.05, 0) is 33.6 Å². The third-order valence-corrected chi connectivity index (χ3v) is 3.23. The molecular weight excluding hydrogens is 292 g/mol. The lowest BCUT2D eigenvalue weighted by Crippen LogP contribution is -2.07. The van der Waals surface area contributed by atoms with Gasteiger partial charge in [-0.1, -0.05) is 12.1 Å². The molecule has 1 aliphatic rings. The first kappa shape index (κ1) is 10.8. The molecule has 2 aromatic rings. The molecule has 0 fully saturated rings. The van der Waals surface area contributed by atoms with Crippen molar-refractivity contribution in [1.29, 1.82) is 0 Å². The molecule has 2 unspecified atom stereocenters. The molecule has 0 bridgehead atoms. The van der Waals surface area contributed by atoms with Crippen LogP contribution in [0, 0.1) is 5.82 Å². The highest BCUT2D eigenvalue weighted by Crippen LogP contribution is 2.39. The summed E-state index contributed by atoms with van der Waals surface area (Å²) in [6, 6.07) is 5.83. The predicted molar refractivity (Wildman–Crippen MR) is 60.7 cm³/mol. The van der Waals surface area contributed by atoms with Crippen molar-refractivity contribution < 1.29 is 8.78 Å². The molecule has 2 atom stereocenters. The third-order valence-electron chi connectivity index (χ3n) is 2.89. The molecule has 0 spiro atoms. The maximum Gasteiger partial charge on any atom is 0.217 e. The van der Waals surface area contributed by atoms with Crippen LogP contribution in [0.1, 0.15) is 30.0 Å². The summed E-state index contributed by atoms with van der Waals surface area (Å²) in [5.74, 6) is 0.0229. The summed E-state index contributed by atoms with van der Waals surface area (Å²) in [4.78, 5) is 3.98. The van der Waals surface area contributed by atoms with Crippen LogP contribution in [0.3, 0.4) is 0 Å². The summed E-state index contributed by atoms with van der Waals surface area (Å²) in [6.07, 6.45) is -0.822. The molecule has 0 N–H and O–H groups in total. The van der Waals surface area contributed by atoms with Crippen LogP contribution in [-0.4, -0.2) is 14.8 Å². The van der Waals surface area contributed by atoms with Crippen molar-refractivity contribution in [3.63, 3.8) is 0 Å². The van der Waals surface area contributed by atoms with Crippen molar-refractivity contribution in [1.82, 2.24) is 14.8 Å². The lowest BCUT2D eigenvalue weighted by molar-refractivity contribution is 0.328. The lowest BCUT2D eigenvalue weighted by atomic mass is 10.0. The fraction of sp³-hybridized carbons (Fsp3) is 0.273. The molecule has 1 aromatic heterocycles. The Bertz CT molecular complexity index is 552. The first-order valence-electron chi connectivity index (χ1n) is 5.16. The summed E-state index contributed by atoms with van der Waals surface area (Å²) in [5.41, 5.74) is 0.838. The SMILES string of the molecule is Fc1ccc(C2CC(F)c3nc(Br)nn32)cc1. The fourth-order valence-corrected chi connectivity index (χ4v) is 2.47. The second kappa shape index (κ2) is 3.87. The second-order valence-corrected chi connectivity index (χ2v) is 4.66. The normalized spacial score (nSPS) is 22.8. The Hall–Kier alpha value is -1.30. The van der Waals surface area contributed by atoms with Gasteiger partial charge in [-0.15, -0.1) is 5.10 Å². The van der Waals surface area contributed by atoms with E-state index in [2.05, 4.69) is 26.0 Å². The number of benzene rings is 1. The van der Waals surface area contributed by atoms with Gasteiger partial charge >= 0.3 is 0 Å². The van der Waals surface area contributed by atoms with E-state index in [9.17, 15) is 8.78 Å². The van der Waals surface area contributed by atoms with Gasteiger partial charge in [-0.3, -0.25) is 0 Å². The van der Waals surface area contributed by atoms with Crippen LogP contribution in [-0.2, 0) is 0 Å². The minimum Gasteiger partial charge on any atom is -0.239 e. The molecule has 1 aliphatic heterocycles. The average Bonchev–Trinajstić information content (AvgIpc) is 2.80. The first-order valence-corrected chi connectivity index (χ1v) is 5.96. The van der Waals surface area contributed by atoms with Gasteiger partial charge in [0.15, 0.2) is 12.0 Å². The summed E-state index contributed by atoms with van der Waals surface area (Å²) < 4.78 is 28.5. The monoisotopic (exact) mass is 299 g/mol. The summed E-state index contributed by atoms with van der Waals surface area (Å²) in [5, 5.41) is 4.11. The van der Waals surface area contributed by atoms with Crippen molar-refractivity contribution in [2.75, 3.05) is 0 Å². The molecule has 88 valence electrons. The van der Waals surface area contributed by atoms with Gasteiger partial charge < -0.3 is 0 Å². The number of hydrogen-bond donors (Lipinski definition) is 0. The zero-order valence-corrected chi connectivity index (χ0v) is 10.2. The Balaban J connectivity index is 2.03. The van der Waals surface area contributed by atoms with Gasteiger partial charge in [0.05, 0.1) is 6.04 Å². The molecule has 2 heterocycles. The van der Waals surface area contributed by atoms with E-state index in [1.54, 1.807) is 16.8 Å². The van der Waals surface area contributed by atoms with E-state index >= 15 is 0 Å². The van der Waals surface area contributed by atoms with Gasteiger partial charge in [0.25, 0.3) is 0 Å². The fourth-order valence-electron chi connectivity index (χ4n) is 2.11. The Morgan fingerprint density at radius 2 is 2.00 bits per heavy atom. The van der Waals surface area contributed by atoms with E-state index in [4.69, 9.17) is 0 Å². The molecule has 0 radical (unpaired) electrons. The molecular formula is C11H8BrF2N3. The van der Waals surface area contributed by atoms with E-state index in [0.29, 0.717) is 17.0 Å². The zero-order valence-electron chi connectivity index (χ0n) is 8.65. The maximum atomic E-state index is 13.7. The molecule has 3 nitrogen and oxygen atoms in total. The van der Waals surface area contributed by atoms with Crippen LogP contribution in [0.25, 0.3) is 0 Å². The van der Waals surface area contributed by atoms with Gasteiger partial charge in [0.1, 0.15) is 5.82 Å². The highest BCUT2D eigenvalue weighted by atomic mass is 79.9. The van der Waals surface area contributed by atoms with Gasteiger partial charge in [-0.2, -0.15) is 0 Å². The van der Waals surface area contributed by atoms with Crippen molar-refractivity contribution in [2.45, 2.75) is 18.6 Å². The van der Waals surface area contributed by atoms with Gasteiger partial charge in [0.2, 0.25) is 4.73 Å². The van der Waals surface area contributed by atoms with E-state index < -0.39 is 6.17 Å². The van der Waals surface area contributed by atoms with Crippen molar-refractivity contribution in [2.24, 2.45) is 0 Å². The molecule has 1 aromatic carbocycles. The Labute approximate surface area is 105 Å². The number of aromatic nitrogens is 3. The van der Waals surface area contributed by atoms with Crippen molar-refractivity contribution in [3.8, 4) is 0 Å². The number of fused-ring (bicyclic) bond motifs is 1.